The van der Waals surface area contributed by atoms with E-state index in [-0.39, 0.29) is 24.7 Å². The number of halogens is 1. The summed E-state index contributed by atoms with van der Waals surface area (Å²) in [5.74, 6) is 0.246. The zero-order chi connectivity index (χ0) is 14.4. The predicted octanol–water partition coefficient (Wildman–Crippen LogP) is 2.67. The van der Waals surface area contributed by atoms with E-state index in [9.17, 15) is 4.79 Å². The normalized spacial score (nSPS) is 12.3. The van der Waals surface area contributed by atoms with Crippen molar-refractivity contribution in [1.82, 2.24) is 0 Å². The van der Waals surface area contributed by atoms with Crippen LogP contribution >= 0.6 is 15.9 Å². The number of benzene rings is 1. The number of hydrogen-bond donors (Lipinski definition) is 1. The Hall–Kier alpha value is -1.07. The van der Waals surface area contributed by atoms with Crippen LogP contribution in [-0.2, 0) is 16.0 Å². The molecule has 0 radical (unpaired) electrons. The highest BCUT2D eigenvalue weighted by Gasteiger charge is 2.09. The molecule has 1 atom stereocenters. The van der Waals surface area contributed by atoms with Crippen molar-refractivity contribution in [2.45, 2.75) is 39.3 Å². The molecule has 0 aliphatic carbocycles. The fraction of sp³-hybridized carbons (Fsp3) is 0.500. The largest absolute Gasteiger partial charge is 0.481 e. The fourth-order valence-electron chi connectivity index (χ4n) is 1.59. The molecule has 0 amide bonds. The van der Waals surface area contributed by atoms with Crippen molar-refractivity contribution >= 4 is 21.9 Å². The molecule has 0 aliphatic rings. The minimum atomic E-state index is -0.374. The van der Waals surface area contributed by atoms with Crippen LogP contribution in [0.15, 0.2) is 22.7 Å². The Morgan fingerprint density at radius 2 is 2.05 bits per heavy atom. The molecule has 0 fully saturated rings. The Labute approximate surface area is 122 Å². The Kier molecular flexibility index (Phi) is 6.31. The summed E-state index contributed by atoms with van der Waals surface area (Å²) in [5, 5.41) is 0. The van der Waals surface area contributed by atoms with Crippen LogP contribution in [0.4, 0.5) is 0 Å². The zero-order valence-electron chi connectivity index (χ0n) is 11.5. The topological polar surface area (TPSA) is 61.5 Å². The molecule has 5 heteroatoms. The van der Waals surface area contributed by atoms with Crippen molar-refractivity contribution in [1.29, 1.82) is 0 Å². The molecule has 1 aromatic carbocycles. The standard InChI is InChI=1S/C14H20BrNO3/c1-9(2)19-14(17)8-18-13-5-4-11(6-10(3)16)7-12(13)15/h4-5,7,9-10H,6,8,16H2,1-3H3. The highest BCUT2D eigenvalue weighted by molar-refractivity contribution is 9.10. The number of carbonyl (C=O) groups excluding carboxylic acids is 1. The van der Waals surface area contributed by atoms with E-state index < -0.39 is 0 Å². The average Bonchev–Trinajstić information content (AvgIpc) is 2.26. The molecule has 0 aliphatic heterocycles. The maximum Gasteiger partial charge on any atom is 0.344 e. The number of esters is 1. The zero-order valence-corrected chi connectivity index (χ0v) is 13.1. The third-order valence-corrected chi connectivity index (χ3v) is 2.89. The Morgan fingerprint density at radius 1 is 1.37 bits per heavy atom. The van der Waals surface area contributed by atoms with Gasteiger partial charge in [-0.3, -0.25) is 0 Å². The second-order valence-corrected chi connectivity index (χ2v) is 5.63. The first-order chi connectivity index (χ1) is 8.88. The van der Waals surface area contributed by atoms with Crippen molar-refractivity contribution in [3.8, 4) is 5.75 Å². The lowest BCUT2D eigenvalue weighted by Crippen LogP contribution is -2.19. The second kappa shape index (κ2) is 7.50. The molecule has 0 saturated carbocycles. The number of rotatable bonds is 6. The van der Waals surface area contributed by atoms with Crippen LogP contribution in [0, 0.1) is 0 Å². The minimum Gasteiger partial charge on any atom is -0.481 e. The molecule has 0 bridgehead atoms. The van der Waals surface area contributed by atoms with Gasteiger partial charge in [-0.25, -0.2) is 4.79 Å². The van der Waals surface area contributed by atoms with Crippen molar-refractivity contribution in [2.75, 3.05) is 6.61 Å². The van der Waals surface area contributed by atoms with Crippen LogP contribution < -0.4 is 10.5 Å². The van der Waals surface area contributed by atoms with E-state index in [1.54, 1.807) is 13.8 Å². The van der Waals surface area contributed by atoms with Gasteiger partial charge in [-0.15, -0.1) is 0 Å². The summed E-state index contributed by atoms with van der Waals surface area (Å²) in [5.41, 5.74) is 6.87. The smallest absolute Gasteiger partial charge is 0.344 e. The van der Waals surface area contributed by atoms with Gasteiger partial charge >= 0.3 is 5.97 Å². The Bertz CT molecular complexity index is 433. The maximum absolute atomic E-state index is 11.4. The van der Waals surface area contributed by atoms with Gasteiger partial charge < -0.3 is 15.2 Å². The number of carbonyl (C=O) groups is 1. The van der Waals surface area contributed by atoms with E-state index in [0.717, 1.165) is 16.5 Å². The van der Waals surface area contributed by atoms with Gasteiger partial charge in [0.05, 0.1) is 10.6 Å². The molecule has 0 heterocycles. The maximum atomic E-state index is 11.4. The van der Waals surface area contributed by atoms with Crippen LogP contribution in [0.25, 0.3) is 0 Å². The molecular weight excluding hydrogens is 310 g/mol. The lowest BCUT2D eigenvalue weighted by molar-refractivity contribution is -0.149. The molecule has 0 aromatic heterocycles. The molecule has 2 N–H and O–H groups in total. The number of ether oxygens (including phenoxy) is 2. The highest BCUT2D eigenvalue weighted by atomic mass is 79.9. The van der Waals surface area contributed by atoms with Crippen LogP contribution in [0.1, 0.15) is 26.3 Å². The van der Waals surface area contributed by atoms with E-state index in [0.29, 0.717) is 5.75 Å². The molecule has 106 valence electrons. The van der Waals surface area contributed by atoms with E-state index in [4.69, 9.17) is 15.2 Å². The highest BCUT2D eigenvalue weighted by Crippen LogP contribution is 2.26. The molecule has 1 rings (SSSR count). The summed E-state index contributed by atoms with van der Waals surface area (Å²) in [6, 6.07) is 5.83. The first-order valence-electron chi connectivity index (χ1n) is 6.24. The first-order valence-corrected chi connectivity index (χ1v) is 7.04. The summed E-state index contributed by atoms with van der Waals surface area (Å²) in [7, 11) is 0. The Morgan fingerprint density at radius 3 is 2.58 bits per heavy atom. The Balaban J connectivity index is 2.57. The third kappa shape index (κ3) is 6.07. The molecule has 1 aromatic rings. The molecule has 0 spiro atoms. The van der Waals surface area contributed by atoms with Gasteiger partial charge in [-0.05, 0) is 60.8 Å². The lowest BCUT2D eigenvalue weighted by Gasteiger charge is -2.12. The summed E-state index contributed by atoms with van der Waals surface area (Å²) in [6.07, 6.45) is 0.668. The van der Waals surface area contributed by atoms with Crippen molar-refractivity contribution in [2.24, 2.45) is 5.73 Å². The van der Waals surface area contributed by atoms with Crippen molar-refractivity contribution in [3.05, 3.63) is 28.2 Å². The van der Waals surface area contributed by atoms with Crippen LogP contribution in [-0.4, -0.2) is 24.7 Å². The van der Waals surface area contributed by atoms with Gasteiger partial charge in [0.2, 0.25) is 0 Å². The van der Waals surface area contributed by atoms with E-state index in [1.165, 1.54) is 0 Å². The minimum absolute atomic E-state index is 0.0938. The molecule has 0 saturated heterocycles. The summed E-state index contributed by atoms with van der Waals surface area (Å²) in [4.78, 5) is 11.4. The van der Waals surface area contributed by atoms with Gasteiger partial charge in [0.15, 0.2) is 6.61 Å². The van der Waals surface area contributed by atoms with E-state index >= 15 is 0 Å². The van der Waals surface area contributed by atoms with Crippen LogP contribution in [0.5, 0.6) is 5.75 Å². The van der Waals surface area contributed by atoms with Gasteiger partial charge in [-0.1, -0.05) is 6.07 Å². The predicted molar refractivity (Wildman–Crippen MR) is 78.2 cm³/mol. The van der Waals surface area contributed by atoms with Gasteiger partial charge in [-0.2, -0.15) is 0 Å². The SMILES string of the molecule is CC(N)Cc1ccc(OCC(=O)OC(C)C)c(Br)c1. The van der Waals surface area contributed by atoms with Crippen LogP contribution in [0.2, 0.25) is 0 Å². The first kappa shape index (κ1) is 16.0. The van der Waals surface area contributed by atoms with Crippen LogP contribution in [0.3, 0.4) is 0 Å². The summed E-state index contributed by atoms with van der Waals surface area (Å²) in [6.45, 7) is 5.47. The van der Waals surface area contributed by atoms with Crippen molar-refractivity contribution in [3.63, 3.8) is 0 Å². The monoisotopic (exact) mass is 329 g/mol. The quantitative estimate of drug-likeness (QED) is 0.815. The van der Waals surface area contributed by atoms with Crippen molar-refractivity contribution < 1.29 is 14.3 Å². The average molecular weight is 330 g/mol. The third-order valence-electron chi connectivity index (χ3n) is 2.27. The van der Waals surface area contributed by atoms with Gasteiger partial charge in [0, 0.05) is 6.04 Å². The fourth-order valence-corrected chi connectivity index (χ4v) is 2.13. The number of nitrogens with two attached hydrogens (primary N) is 1. The summed E-state index contributed by atoms with van der Waals surface area (Å²) >= 11 is 3.42. The van der Waals surface area contributed by atoms with E-state index in [2.05, 4.69) is 15.9 Å². The molecule has 19 heavy (non-hydrogen) atoms. The lowest BCUT2D eigenvalue weighted by atomic mass is 10.1. The second-order valence-electron chi connectivity index (χ2n) is 4.77. The molecule has 1 unspecified atom stereocenters. The summed E-state index contributed by atoms with van der Waals surface area (Å²) < 4.78 is 11.2. The number of hydrogen-bond acceptors (Lipinski definition) is 4. The van der Waals surface area contributed by atoms with Gasteiger partial charge in [0.25, 0.3) is 0 Å². The van der Waals surface area contributed by atoms with E-state index in [1.807, 2.05) is 25.1 Å². The molecular formula is C14H20BrNO3. The van der Waals surface area contributed by atoms with Gasteiger partial charge in [0.1, 0.15) is 5.75 Å². The molecule has 4 nitrogen and oxygen atoms in total.